The summed E-state index contributed by atoms with van der Waals surface area (Å²) in [6.45, 7) is 6.84. The van der Waals surface area contributed by atoms with E-state index >= 15 is 0 Å². The van der Waals surface area contributed by atoms with E-state index in [4.69, 9.17) is 5.53 Å². The topological polar surface area (TPSA) is 53.3 Å². The summed E-state index contributed by atoms with van der Waals surface area (Å²) in [5.74, 6) is 2.96. The highest BCUT2D eigenvalue weighted by atomic mass is 32.2. The fourth-order valence-electron chi connectivity index (χ4n) is 2.06. The molecule has 1 heterocycles. The van der Waals surface area contributed by atoms with Gasteiger partial charge >= 0.3 is 0 Å². The first-order chi connectivity index (χ1) is 8.91. The van der Waals surface area contributed by atoms with E-state index in [1.54, 1.807) is 12.2 Å². The number of carbonyl (C=O) groups excluding carboxylic acids is 1. The Morgan fingerprint density at radius 3 is 2.47 bits per heavy atom. The molecule has 0 aromatic heterocycles. The van der Waals surface area contributed by atoms with Crippen LogP contribution >= 0.6 is 23.5 Å². The normalized spacial score (nSPS) is 32.1. The van der Waals surface area contributed by atoms with Crippen molar-refractivity contribution in [2.45, 2.75) is 31.4 Å². The molecule has 104 valence electrons. The van der Waals surface area contributed by atoms with Crippen molar-refractivity contribution in [1.82, 2.24) is 0 Å². The molecule has 5 heteroatoms. The summed E-state index contributed by atoms with van der Waals surface area (Å²) >= 11 is 3.72. The molecule has 1 fully saturated rings. The molecule has 3 nitrogen and oxygen atoms in total. The molecule has 1 atom stereocenters. The fraction of sp³-hybridized carbons (Fsp3) is 0.643. The van der Waals surface area contributed by atoms with Crippen molar-refractivity contribution in [2.24, 2.45) is 16.4 Å². The number of hydrogen-bond acceptors (Lipinski definition) is 5. The van der Waals surface area contributed by atoms with Gasteiger partial charge in [0.1, 0.15) is 6.04 Å². The lowest BCUT2D eigenvalue weighted by atomic mass is 9.83. The first kappa shape index (κ1) is 14.9. The molecule has 0 spiro atoms. The minimum atomic E-state index is -0.255. The lowest BCUT2D eigenvalue weighted by Gasteiger charge is -2.36. The molecule has 1 aliphatic heterocycles. The first-order valence-corrected chi connectivity index (χ1v) is 8.55. The van der Waals surface area contributed by atoms with E-state index in [2.05, 4.69) is 25.9 Å². The molecule has 0 bridgehead atoms. The van der Waals surface area contributed by atoms with Crippen molar-refractivity contribution in [2.75, 3.05) is 11.5 Å². The van der Waals surface area contributed by atoms with Gasteiger partial charge in [0.15, 0.2) is 5.78 Å². The molecule has 19 heavy (non-hydrogen) atoms. The van der Waals surface area contributed by atoms with Crippen molar-refractivity contribution in [3.05, 3.63) is 23.8 Å². The van der Waals surface area contributed by atoms with Crippen molar-refractivity contribution in [1.29, 1.82) is 5.53 Å². The van der Waals surface area contributed by atoms with E-state index < -0.39 is 0 Å². The van der Waals surface area contributed by atoms with Crippen LogP contribution in [0.1, 0.15) is 20.8 Å². The summed E-state index contributed by atoms with van der Waals surface area (Å²) in [5, 5.41) is 3.50. The number of rotatable bonds is 2. The van der Waals surface area contributed by atoms with Crippen LogP contribution in [-0.2, 0) is 4.79 Å². The number of ketones is 1. The van der Waals surface area contributed by atoms with Crippen LogP contribution in [0.3, 0.4) is 0 Å². The van der Waals surface area contributed by atoms with E-state index in [1.807, 2.05) is 29.6 Å². The van der Waals surface area contributed by atoms with Crippen LogP contribution in [0.2, 0.25) is 0 Å². The van der Waals surface area contributed by atoms with Crippen LogP contribution in [0.15, 0.2) is 28.9 Å². The van der Waals surface area contributed by atoms with Gasteiger partial charge in [0, 0.05) is 5.57 Å². The minimum absolute atomic E-state index is 0.0825. The van der Waals surface area contributed by atoms with Gasteiger partial charge in [0.25, 0.3) is 0 Å². The Morgan fingerprint density at radius 2 is 1.95 bits per heavy atom. The number of hydrogen-bond donors (Lipinski definition) is 1. The van der Waals surface area contributed by atoms with E-state index in [9.17, 15) is 4.79 Å². The molecule has 2 aliphatic rings. The summed E-state index contributed by atoms with van der Waals surface area (Å²) in [6.07, 6.45) is 5.10. The lowest BCUT2D eigenvalue weighted by molar-refractivity contribution is -0.111. The van der Waals surface area contributed by atoms with Crippen LogP contribution < -0.4 is 0 Å². The monoisotopic (exact) mass is 296 g/mol. The van der Waals surface area contributed by atoms with Crippen molar-refractivity contribution in [3.8, 4) is 0 Å². The molecule has 0 aromatic rings. The molecule has 1 saturated heterocycles. The van der Waals surface area contributed by atoms with Crippen LogP contribution in [0.25, 0.3) is 0 Å². The van der Waals surface area contributed by atoms with E-state index in [1.165, 1.54) is 0 Å². The minimum Gasteiger partial charge on any atom is -0.290 e. The van der Waals surface area contributed by atoms with Crippen LogP contribution in [-0.4, -0.2) is 27.9 Å². The fourth-order valence-corrected chi connectivity index (χ4v) is 5.87. The van der Waals surface area contributed by atoms with Crippen molar-refractivity contribution in [3.63, 3.8) is 0 Å². The number of carbonyl (C=O) groups is 1. The van der Waals surface area contributed by atoms with E-state index in [-0.39, 0.29) is 16.4 Å². The number of thioether (sulfide) groups is 2. The van der Waals surface area contributed by atoms with Crippen LogP contribution in [0.5, 0.6) is 0 Å². The molecule has 1 unspecified atom stereocenters. The van der Waals surface area contributed by atoms with Gasteiger partial charge in [-0.2, -0.15) is 5.11 Å². The Labute approximate surface area is 123 Å². The highest BCUT2D eigenvalue weighted by molar-refractivity contribution is 8.17. The number of nitrogens with zero attached hydrogens (tertiary/aromatic N) is 1. The highest BCUT2D eigenvalue weighted by Crippen LogP contribution is 2.44. The van der Waals surface area contributed by atoms with Gasteiger partial charge in [-0.05, 0) is 35.0 Å². The summed E-state index contributed by atoms with van der Waals surface area (Å²) in [5.41, 5.74) is 8.24. The number of nitrogens with one attached hydrogen (secondary N) is 1. The van der Waals surface area contributed by atoms with Gasteiger partial charge in [-0.1, -0.05) is 26.8 Å². The molecule has 0 saturated carbocycles. The second-order valence-electron chi connectivity index (χ2n) is 6.03. The average molecular weight is 296 g/mol. The molecular weight excluding hydrogens is 276 g/mol. The van der Waals surface area contributed by atoms with Gasteiger partial charge < -0.3 is 0 Å². The lowest BCUT2D eigenvalue weighted by Crippen LogP contribution is -2.31. The number of allylic oxidation sites excluding steroid dienone is 1. The van der Waals surface area contributed by atoms with Crippen LogP contribution in [0, 0.1) is 16.9 Å². The summed E-state index contributed by atoms with van der Waals surface area (Å²) in [6, 6.07) is -0.255. The largest absolute Gasteiger partial charge is 0.290 e. The standard InChI is InChI=1S/C14H20N2OS2/c1-14(2,3)9-7-18-13(19-8-9)11-6-10(16-15)4-5-12(11)17/h4-6,9-10,13,15H,7-8H2,1-3H3. The Hall–Kier alpha value is -0.550. The second kappa shape index (κ2) is 5.83. The maximum Gasteiger partial charge on any atom is 0.183 e. The summed E-state index contributed by atoms with van der Waals surface area (Å²) < 4.78 is 0.209. The SMILES string of the molecule is CC(C)(C)C1CSC(C2=CC(N=N)C=CC2=O)SC1. The maximum atomic E-state index is 11.9. The third-order valence-electron chi connectivity index (χ3n) is 3.60. The van der Waals surface area contributed by atoms with E-state index in [0.29, 0.717) is 11.3 Å². The third-order valence-corrected chi connectivity index (χ3v) is 6.72. The molecular formula is C14H20N2OS2. The van der Waals surface area contributed by atoms with E-state index in [0.717, 1.165) is 17.1 Å². The molecule has 0 aromatic carbocycles. The second-order valence-corrected chi connectivity index (χ2v) is 8.60. The zero-order valence-electron chi connectivity index (χ0n) is 11.6. The van der Waals surface area contributed by atoms with Gasteiger partial charge in [0.05, 0.1) is 4.58 Å². The Morgan fingerprint density at radius 1 is 1.32 bits per heavy atom. The molecule has 1 N–H and O–H groups in total. The zero-order valence-corrected chi connectivity index (χ0v) is 13.2. The Kier molecular flexibility index (Phi) is 4.56. The third kappa shape index (κ3) is 3.51. The van der Waals surface area contributed by atoms with Crippen molar-refractivity contribution >= 4 is 29.3 Å². The predicted molar refractivity (Wildman–Crippen MR) is 82.8 cm³/mol. The smallest absolute Gasteiger partial charge is 0.183 e. The summed E-state index contributed by atoms with van der Waals surface area (Å²) in [4.78, 5) is 11.9. The molecule has 1 aliphatic carbocycles. The highest BCUT2D eigenvalue weighted by Gasteiger charge is 2.34. The first-order valence-electron chi connectivity index (χ1n) is 6.46. The van der Waals surface area contributed by atoms with Gasteiger partial charge in [-0.25, -0.2) is 5.53 Å². The molecule has 0 radical (unpaired) electrons. The van der Waals surface area contributed by atoms with Gasteiger partial charge in [-0.15, -0.1) is 23.5 Å². The molecule has 0 amide bonds. The Balaban J connectivity index is 2.03. The van der Waals surface area contributed by atoms with Crippen LogP contribution in [0.4, 0.5) is 0 Å². The maximum absolute atomic E-state index is 11.9. The van der Waals surface area contributed by atoms with Gasteiger partial charge in [-0.3, -0.25) is 4.79 Å². The predicted octanol–water partition coefficient (Wildman–Crippen LogP) is 3.92. The molecule has 2 rings (SSSR count). The van der Waals surface area contributed by atoms with Gasteiger partial charge in [0.2, 0.25) is 0 Å². The summed E-state index contributed by atoms with van der Waals surface area (Å²) in [7, 11) is 0. The quantitative estimate of drug-likeness (QED) is 0.786. The Bertz CT molecular complexity index is 429. The average Bonchev–Trinajstić information content (AvgIpc) is 2.38. The van der Waals surface area contributed by atoms with Crippen molar-refractivity contribution < 1.29 is 4.79 Å². The zero-order chi connectivity index (χ0) is 14.0.